The van der Waals surface area contributed by atoms with Crippen LogP contribution in [-0.2, 0) is 11.3 Å². The molecular weight excluding hydrogens is 304 g/mol. The second-order valence-corrected chi connectivity index (χ2v) is 5.61. The lowest BCUT2D eigenvalue weighted by molar-refractivity contribution is -0.116. The van der Waals surface area contributed by atoms with Crippen molar-refractivity contribution in [3.63, 3.8) is 0 Å². The number of fused-ring (bicyclic) bond motifs is 1. The highest BCUT2D eigenvalue weighted by atomic mass is 32.1. The van der Waals surface area contributed by atoms with Gasteiger partial charge in [-0.2, -0.15) is 0 Å². The summed E-state index contributed by atoms with van der Waals surface area (Å²) in [6.07, 6.45) is 0.0653. The van der Waals surface area contributed by atoms with Crippen LogP contribution in [0.15, 0.2) is 46.0 Å². The average Bonchev–Trinajstić information content (AvgIpc) is 2.90. The molecule has 22 heavy (non-hydrogen) atoms. The van der Waals surface area contributed by atoms with Gasteiger partial charge >= 0.3 is 0 Å². The third-order valence-corrected chi connectivity index (χ3v) is 3.94. The summed E-state index contributed by atoms with van der Waals surface area (Å²) in [6.45, 7) is 0.103. The molecule has 7 nitrogen and oxygen atoms in total. The zero-order valence-corrected chi connectivity index (χ0v) is 12.2. The smallest absolute Gasteiger partial charge is 0.265 e. The van der Waals surface area contributed by atoms with Crippen molar-refractivity contribution in [1.82, 2.24) is 14.8 Å². The number of anilines is 1. The third kappa shape index (κ3) is 3.12. The molecule has 0 bridgehead atoms. The normalized spacial score (nSPS) is 10.7. The molecule has 2 aromatic heterocycles. The molecule has 0 aliphatic rings. The third-order valence-electron chi connectivity index (χ3n) is 2.99. The predicted octanol–water partition coefficient (Wildman–Crippen LogP) is 1.18. The molecule has 0 aliphatic heterocycles. The standard InChI is InChI=1S/C14H12N4O3S/c19-11(7-8-18-13(21)6-5-12(20)17-18)16-14-15-9-3-1-2-4-10(9)22-14/h1-6H,7-8H2,(H,17,20)(H,15,16,19). The van der Waals surface area contributed by atoms with Crippen LogP contribution in [0.25, 0.3) is 10.2 Å². The number of H-pyrrole nitrogens is 1. The Balaban J connectivity index is 1.66. The predicted molar refractivity (Wildman–Crippen MR) is 84.2 cm³/mol. The van der Waals surface area contributed by atoms with Gasteiger partial charge in [-0.1, -0.05) is 23.5 Å². The number of thiazole rings is 1. The maximum atomic E-state index is 11.9. The first-order valence-corrected chi connectivity index (χ1v) is 7.39. The maximum absolute atomic E-state index is 11.9. The minimum absolute atomic E-state index is 0.0653. The molecule has 8 heteroatoms. The van der Waals surface area contributed by atoms with Crippen LogP contribution in [0, 0.1) is 0 Å². The van der Waals surface area contributed by atoms with Gasteiger partial charge in [-0.05, 0) is 12.1 Å². The lowest BCUT2D eigenvalue weighted by Gasteiger charge is -2.04. The van der Waals surface area contributed by atoms with E-state index in [1.165, 1.54) is 17.4 Å². The quantitative estimate of drug-likeness (QED) is 0.755. The van der Waals surface area contributed by atoms with E-state index in [1.807, 2.05) is 24.3 Å². The van der Waals surface area contributed by atoms with Crippen LogP contribution < -0.4 is 16.4 Å². The van der Waals surface area contributed by atoms with Crippen LogP contribution in [0.3, 0.4) is 0 Å². The Bertz CT molecular complexity index is 908. The van der Waals surface area contributed by atoms with Crippen LogP contribution in [-0.4, -0.2) is 20.7 Å². The number of carbonyl (C=O) groups is 1. The lowest BCUT2D eigenvalue weighted by Crippen LogP contribution is -2.29. The number of amides is 1. The fourth-order valence-corrected chi connectivity index (χ4v) is 2.83. The molecule has 0 unspecified atom stereocenters. The molecule has 0 saturated heterocycles. The summed E-state index contributed by atoms with van der Waals surface area (Å²) in [5.74, 6) is -0.268. The summed E-state index contributed by atoms with van der Waals surface area (Å²) in [5, 5.41) is 5.58. The van der Waals surface area contributed by atoms with Gasteiger partial charge in [0.05, 0.1) is 16.8 Å². The van der Waals surface area contributed by atoms with Gasteiger partial charge in [0.1, 0.15) is 0 Å². The number of aryl methyl sites for hydroxylation is 1. The molecule has 3 rings (SSSR count). The second kappa shape index (κ2) is 5.94. The summed E-state index contributed by atoms with van der Waals surface area (Å²) < 4.78 is 2.10. The van der Waals surface area contributed by atoms with Crippen LogP contribution in [0.1, 0.15) is 6.42 Å². The van der Waals surface area contributed by atoms with Gasteiger partial charge in [-0.15, -0.1) is 0 Å². The first kappa shape index (κ1) is 14.2. The molecule has 1 aromatic carbocycles. The maximum Gasteiger partial charge on any atom is 0.265 e. The minimum atomic E-state index is -0.383. The first-order chi connectivity index (χ1) is 10.6. The number of hydrogen-bond acceptors (Lipinski definition) is 5. The molecule has 2 N–H and O–H groups in total. The number of nitrogens with one attached hydrogen (secondary N) is 2. The number of aromatic amines is 1. The Morgan fingerprint density at radius 3 is 2.86 bits per heavy atom. The van der Waals surface area contributed by atoms with E-state index >= 15 is 0 Å². The van der Waals surface area contributed by atoms with Crippen LogP contribution in [0.2, 0.25) is 0 Å². The minimum Gasteiger partial charge on any atom is -0.302 e. The van der Waals surface area contributed by atoms with Crippen molar-refractivity contribution in [2.24, 2.45) is 0 Å². The van der Waals surface area contributed by atoms with Crippen molar-refractivity contribution in [2.75, 3.05) is 5.32 Å². The summed E-state index contributed by atoms with van der Waals surface area (Å²) in [6, 6.07) is 9.91. The van der Waals surface area contributed by atoms with E-state index in [0.717, 1.165) is 21.0 Å². The SMILES string of the molecule is O=C(CCn1[nH]c(=O)ccc1=O)Nc1nc2ccccc2s1. The molecular formula is C14H12N4O3S. The van der Waals surface area contributed by atoms with Crippen molar-refractivity contribution in [1.29, 1.82) is 0 Å². The molecule has 3 aromatic rings. The fraction of sp³-hybridized carbons (Fsp3) is 0.143. The molecule has 0 spiro atoms. The van der Waals surface area contributed by atoms with Gasteiger partial charge in [0, 0.05) is 18.6 Å². The molecule has 112 valence electrons. The Morgan fingerprint density at radius 2 is 2.05 bits per heavy atom. The number of hydrogen-bond donors (Lipinski definition) is 2. The number of aromatic nitrogens is 3. The van der Waals surface area contributed by atoms with Crippen molar-refractivity contribution < 1.29 is 4.79 Å². The fourth-order valence-electron chi connectivity index (χ4n) is 1.95. The Labute approximate surface area is 128 Å². The first-order valence-electron chi connectivity index (χ1n) is 6.57. The van der Waals surface area contributed by atoms with Crippen molar-refractivity contribution in [3.05, 3.63) is 57.1 Å². The summed E-state index contributed by atoms with van der Waals surface area (Å²) in [5.41, 5.74) is 0.0879. The molecule has 0 atom stereocenters. The van der Waals surface area contributed by atoms with E-state index in [-0.39, 0.29) is 30.0 Å². The van der Waals surface area contributed by atoms with E-state index in [9.17, 15) is 14.4 Å². The Morgan fingerprint density at radius 1 is 1.23 bits per heavy atom. The topological polar surface area (TPSA) is 96.9 Å². The summed E-state index contributed by atoms with van der Waals surface area (Å²) >= 11 is 1.38. The van der Waals surface area contributed by atoms with Gasteiger partial charge in [0.25, 0.3) is 11.1 Å². The van der Waals surface area contributed by atoms with Gasteiger partial charge in [0.15, 0.2) is 5.13 Å². The zero-order chi connectivity index (χ0) is 15.5. The Hall–Kier alpha value is -2.74. The number of benzene rings is 1. The molecule has 2 heterocycles. The zero-order valence-electron chi connectivity index (χ0n) is 11.4. The van der Waals surface area contributed by atoms with Crippen molar-refractivity contribution in [3.8, 4) is 0 Å². The van der Waals surface area contributed by atoms with Gasteiger partial charge in [0.2, 0.25) is 5.91 Å². The van der Waals surface area contributed by atoms with Crippen LogP contribution >= 0.6 is 11.3 Å². The van der Waals surface area contributed by atoms with Crippen LogP contribution in [0.4, 0.5) is 5.13 Å². The molecule has 0 saturated carbocycles. The van der Waals surface area contributed by atoms with E-state index in [2.05, 4.69) is 15.4 Å². The highest BCUT2D eigenvalue weighted by Gasteiger charge is 2.08. The van der Waals surface area contributed by atoms with E-state index in [1.54, 1.807) is 0 Å². The number of rotatable bonds is 4. The number of carbonyl (C=O) groups excluding carboxylic acids is 1. The van der Waals surface area contributed by atoms with E-state index in [4.69, 9.17) is 0 Å². The Kier molecular flexibility index (Phi) is 3.84. The lowest BCUT2D eigenvalue weighted by atomic mass is 10.3. The summed E-state index contributed by atoms with van der Waals surface area (Å²) in [4.78, 5) is 38.9. The molecule has 1 amide bonds. The molecule has 0 radical (unpaired) electrons. The van der Waals surface area contributed by atoms with Crippen LogP contribution in [0.5, 0.6) is 0 Å². The van der Waals surface area contributed by atoms with Gasteiger partial charge in [-0.3, -0.25) is 19.5 Å². The number of para-hydroxylation sites is 1. The van der Waals surface area contributed by atoms with Gasteiger partial charge in [-0.25, -0.2) is 9.67 Å². The van der Waals surface area contributed by atoms with Crippen molar-refractivity contribution >= 4 is 32.6 Å². The average molecular weight is 316 g/mol. The second-order valence-electron chi connectivity index (χ2n) is 4.58. The largest absolute Gasteiger partial charge is 0.302 e. The highest BCUT2D eigenvalue weighted by molar-refractivity contribution is 7.22. The molecule has 0 fully saturated rings. The number of nitrogens with zero attached hydrogens (tertiary/aromatic N) is 2. The summed E-state index contributed by atoms with van der Waals surface area (Å²) in [7, 11) is 0. The highest BCUT2D eigenvalue weighted by Crippen LogP contribution is 2.25. The monoisotopic (exact) mass is 316 g/mol. The van der Waals surface area contributed by atoms with Gasteiger partial charge < -0.3 is 5.32 Å². The van der Waals surface area contributed by atoms with E-state index < -0.39 is 0 Å². The molecule has 0 aliphatic carbocycles. The van der Waals surface area contributed by atoms with E-state index in [0.29, 0.717) is 5.13 Å². The van der Waals surface area contributed by atoms with Crippen molar-refractivity contribution in [2.45, 2.75) is 13.0 Å².